The van der Waals surface area contributed by atoms with Gasteiger partial charge in [0.2, 0.25) is 0 Å². The van der Waals surface area contributed by atoms with Crippen LogP contribution in [0.1, 0.15) is 23.7 Å². The van der Waals surface area contributed by atoms with Crippen LogP contribution in [0.5, 0.6) is 0 Å². The smallest absolute Gasteiger partial charge is 0.278 e. The van der Waals surface area contributed by atoms with Crippen molar-refractivity contribution in [2.45, 2.75) is 30.6 Å². The number of nitrogens with zero attached hydrogens (tertiary/aromatic N) is 2. The van der Waals surface area contributed by atoms with Crippen LogP contribution in [-0.4, -0.2) is 22.1 Å². The first-order chi connectivity index (χ1) is 11.1. The van der Waals surface area contributed by atoms with Gasteiger partial charge < -0.3 is 10.1 Å². The molecule has 1 aliphatic rings. The fourth-order valence-electron chi connectivity index (χ4n) is 2.77. The van der Waals surface area contributed by atoms with Crippen LogP contribution in [0.2, 0.25) is 0 Å². The standard InChI is InChI=1S/C16H16FN3O2S/c1-23-16-19-13-7-6-12(10-2-4-11(17)5-3-10)18-14(13)15(22)20(16)8-9-21/h2-5,9,12,18H,6-8H2,1H3. The van der Waals surface area contributed by atoms with Crippen LogP contribution < -0.4 is 10.9 Å². The van der Waals surface area contributed by atoms with Gasteiger partial charge in [0.15, 0.2) is 5.16 Å². The summed E-state index contributed by atoms with van der Waals surface area (Å²) in [6.07, 6.45) is 3.95. The molecule has 0 aliphatic carbocycles. The Bertz CT molecular complexity index is 789. The molecule has 0 spiro atoms. The highest BCUT2D eigenvalue weighted by Gasteiger charge is 2.25. The lowest BCUT2D eigenvalue weighted by Crippen LogP contribution is -2.32. The molecule has 120 valence electrons. The molecule has 23 heavy (non-hydrogen) atoms. The van der Waals surface area contributed by atoms with Gasteiger partial charge in [0.25, 0.3) is 5.56 Å². The van der Waals surface area contributed by atoms with E-state index in [1.165, 1.54) is 28.5 Å². The zero-order valence-electron chi connectivity index (χ0n) is 12.6. The van der Waals surface area contributed by atoms with Crippen molar-refractivity contribution in [2.75, 3.05) is 11.6 Å². The largest absolute Gasteiger partial charge is 0.372 e. The normalized spacial score (nSPS) is 16.5. The minimum absolute atomic E-state index is 0.0157. The van der Waals surface area contributed by atoms with E-state index in [2.05, 4.69) is 10.3 Å². The molecule has 2 heterocycles. The van der Waals surface area contributed by atoms with Crippen molar-refractivity contribution in [1.29, 1.82) is 0 Å². The highest BCUT2D eigenvalue weighted by Crippen LogP contribution is 2.30. The number of aromatic nitrogens is 2. The number of anilines is 1. The van der Waals surface area contributed by atoms with E-state index in [1.54, 1.807) is 12.1 Å². The van der Waals surface area contributed by atoms with E-state index in [9.17, 15) is 14.0 Å². The first-order valence-corrected chi connectivity index (χ1v) is 8.50. The average Bonchev–Trinajstić information content (AvgIpc) is 2.58. The Morgan fingerprint density at radius 3 is 2.83 bits per heavy atom. The molecular formula is C16H16FN3O2S. The van der Waals surface area contributed by atoms with Crippen molar-refractivity contribution in [2.24, 2.45) is 0 Å². The SMILES string of the molecule is CSc1nc2c(c(=O)n1CC=O)NC(c1ccc(F)cc1)CC2. The summed E-state index contributed by atoms with van der Waals surface area (Å²) in [5, 5.41) is 3.75. The van der Waals surface area contributed by atoms with Crippen molar-refractivity contribution in [1.82, 2.24) is 9.55 Å². The third-order valence-electron chi connectivity index (χ3n) is 3.91. The number of benzene rings is 1. The van der Waals surface area contributed by atoms with Crippen LogP contribution in [0.4, 0.5) is 10.1 Å². The first-order valence-electron chi connectivity index (χ1n) is 7.27. The third-order valence-corrected chi connectivity index (χ3v) is 4.59. The fraction of sp³-hybridized carbons (Fsp3) is 0.312. The number of aryl methyl sites for hydroxylation is 1. The van der Waals surface area contributed by atoms with E-state index >= 15 is 0 Å². The molecule has 1 aromatic heterocycles. The average molecular weight is 333 g/mol. The van der Waals surface area contributed by atoms with E-state index in [0.29, 0.717) is 23.6 Å². The monoisotopic (exact) mass is 333 g/mol. The Balaban J connectivity index is 1.99. The lowest BCUT2D eigenvalue weighted by atomic mass is 9.96. The topological polar surface area (TPSA) is 64.0 Å². The van der Waals surface area contributed by atoms with Crippen LogP contribution in [-0.2, 0) is 17.8 Å². The van der Waals surface area contributed by atoms with E-state index in [4.69, 9.17) is 0 Å². The first kappa shape index (κ1) is 15.7. The molecule has 0 amide bonds. The minimum Gasteiger partial charge on any atom is -0.372 e. The van der Waals surface area contributed by atoms with Crippen molar-refractivity contribution in [3.05, 3.63) is 51.7 Å². The predicted octanol–water partition coefficient (Wildman–Crippen LogP) is 2.40. The molecule has 0 bridgehead atoms. The van der Waals surface area contributed by atoms with Crippen LogP contribution in [0, 0.1) is 5.82 Å². The maximum absolute atomic E-state index is 13.1. The van der Waals surface area contributed by atoms with Gasteiger partial charge in [-0.3, -0.25) is 9.36 Å². The molecule has 0 radical (unpaired) electrons. The number of fused-ring (bicyclic) bond motifs is 1. The van der Waals surface area contributed by atoms with Crippen LogP contribution in [0.15, 0.2) is 34.2 Å². The van der Waals surface area contributed by atoms with Crippen LogP contribution in [0.25, 0.3) is 0 Å². The molecular weight excluding hydrogens is 317 g/mol. The Morgan fingerprint density at radius 2 is 2.17 bits per heavy atom. The number of nitrogens with one attached hydrogen (secondary N) is 1. The van der Waals surface area contributed by atoms with Gasteiger partial charge in [0.1, 0.15) is 17.8 Å². The number of halogens is 1. The maximum Gasteiger partial charge on any atom is 0.278 e. The Labute approximate surface area is 136 Å². The lowest BCUT2D eigenvalue weighted by molar-refractivity contribution is -0.108. The summed E-state index contributed by atoms with van der Waals surface area (Å²) in [5.41, 5.74) is 1.84. The van der Waals surface area contributed by atoms with Crippen molar-refractivity contribution >= 4 is 23.7 Å². The summed E-state index contributed by atoms with van der Waals surface area (Å²) in [6, 6.07) is 6.18. The summed E-state index contributed by atoms with van der Waals surface area (Å²) in [7, 11) is 0. The second-order valence-corrected chi connectivity index (χ2v) is 6.06. The van der Waals surface area contributed by atoms with Gasteiger partial charge in [-0.1, -0.05) is 23.9 Å². The molecule has 3 rings (SSSR count). The molecule has 1 N–H and O–H groups in total. The quantitative estimate of drug-likeness (QED) is 0.529. The zero-order valence-corrected chi connectivity index (χ0v) is 13.4. The van der Waals surface area contributed by atoms with Crippen molar-refractivity contribution in [3.63, 3.8) is 0 Å². The number of carbonyl (C=O) groups is 1. The zero-order chi connectivity index (χ0) is 16.4. The van der Waals surface area contributed by atoms with Gasteiger partial charge in [0.05, 0.1) is 18.3 Å². The van der Waals surface area contributed by atoms with Crippen molar-refractivity contribution < 1.29 is 9.18 Å². The molecule has 1 atom stereocenters. The molecule has 1 aliphatic heterocycles. The second kappa shape index (κ2) is 6.54. The molecule has 7 heteroatoms. The maximum atomic E-state index is 13.1. The number of rotatable bonds is 4. The van der Waals surface area contributed by atoms with Gasteiger partial charge in [0, 0.05) is 0 Å². The van der Waals surface area contributed by atoms with Gasteiger partial charge in [-0.2, -0.15) is 0 Å². The highest BCUT2D eigenvalue weighted by molar-refractivity contribution is 7.98. The van der Waals surface area contributed by atoms with Crippen molar-refractivity contribution in [3.8, 4) is 0 Å². The molecule has 0 saturated carbocycles. The molecule has 0 fully saturated rings. The summed E-state index contributed by atoms with van der Waals surface area (Å²) in [6.45, 7) is -0.0157. The van der Waals surface area contributed by atoms with Gasteiger partial charge in [-0.25, -0.2) is 9.37 Å². The molecule has 0 saturated heterocycles. The van der Waals surface area contributed by atoms with Crippen LogP contribution in [0.3, 0.4) is 0 Å². The Morgan fingerprint density at radius 1 is 1.43 bits per heavy atom. The van der Waals surface area contributed by atoms with Gasteiger partial charge in [-0.15, -0.1) is 0 Å². The van der Waals surface area contributed by atoms with E-state index < -0.39 is 0 Å². The number of thioether (sulfide) groups is 1. The molecule has 5 nitrogen and oxygen atoms in total. The Hall–Kier alpha value is -2.15. The molecule has 1 unspecified atom stereocenters. The van der Waals surface area contributed by atoms with Gasteiger partial charge in [-0.05, 0) is 36.8 Å². The minimum atomic E-state index is -0.287. The molecule has 2 aromatic rings. The Kier molecular flexibility index (Phi) is 4.47. The third kappa shape index (κ3) is 3.01. The molecule has 1 aromatic carbocycles. The summed E-state index contributed by atoms with van der Waals surface area (Å²) < 4.78 is 14.4. The highest BCUT2D eigenvalue weighted by atomic mass is 32.2. The van der Waals surface area contributed by atoms with Gasteiger partial charge >= 0.3 is 0 Å². The summed E-state index contributed by atoms with van der Waals surface area (Å²) in [5.74, 6) is -0.287. The lowest BCUT2D eigenvalue weighted by Gasteiger charge is -2.27. The van der Waals surface area contributed by atoms with E-state index in [1.807, 2.05) is 6.26 Å². The number of carbonyl (C=O) groups excluding carboxylic acids is 1. The fourth-order valence-corrected chi connectivity index (χ4v) is 3.35. The number of hydrogen-bond donors (Lipinski definition) is 1. The second-order valence-electron chi connectivity index (χ2n) is 5.29. The van der Waals surface area contributed by atoms with E-state index in [-0.39, 0.29) is 24.0 Å². The summed E-state index contributed by atoms with van der Waals surface area (Å²) >= 11 is 1.34. The number of aldehydes is 1. The summed E-state index contributed by atoms with van der Waals surface area (Å²) in [4.78, 5) is 28.0. The van der Waals surface area contributed by atoms with E-state index in [0.717, 1.165) is 17.7 Å². The van der Waals surface area contributed by atoms with Crippen LogP contribution >= 0.6 is 11.8 Å². The predicted molar refractivity (Wildman–Crippen MR) is 87.4 cm³/mol. The number of hydrogen-bond acceptors (Lipinski definition) is 5.